The largest absolute Gasteiger partial charge is 0.365 e. The van der Waals surface area contributed by atoms with Crippen LogP contribution < -0.4 is 9.80 Å². The first-order valence-corrected chi connectivity index (χ1v) is 10.7. The maximum absolute atomic E-state index is 12.4. The molecule has 4 nitrogen and oxygen atoms in total. The number of likely N-dealkylation sites (tertiary alicyclic amines) is 1. The quantitative estimate of drug-likeness (QED) is 0.667. The van der Waals surface area contributed by atoms with E-state index in [2.05, 4.69) is 39.0 Å². The predicted octanol–water partition coefficient (Wildman–Crippen LogP) is 4.58. The van der Waals surface area contributed by atoms with E-state index in [-0.39, 0.29) is 0 Å². The number of benzene rings is 2. The minimum atomic E-state index is -0.614. The predicted molar refractivity (Wildman–Crippen MR) is 114 cm³/mol. The maximum Gasteiger partial charge on any atom is 0.160 e. The first-order chi connectivity index (χ1) is 13.6. The van der Waals surface area contributed by atoms with Gasteiger partial charge in [0, 0.05) is 48.7 Å². The molecule has 2 aromatic rings. The van der Waals surface area contributed by atoms with Crippen LogP contribution in [0.1, 0.15) is 24.8 Å². The molecule has 1 saturated carbocycles. The van der Waals surface area contributed by atoms with Gasteiger partial charge >= 0.3 is 0 Å². The average molecular weight is 416 g/mol. The number of rotatable bonds is 5. The number of hydrogen-bond acceptors (Lipinski definition) is 4. The third-order valence-corrected chi connectivity index (χ3v) is 6.96. The second-order valence-electron chi connectivity index (χ2n) is 7.97. The van der Waals surface area contributed by atoms with E-state index >= 15 is 0 Å². The molecule has 1 atom stereocenters. The second-order valence-corrected chi connectivity index (χ2v) is 8.81. The van der Waals surface area contributed by atoms with Crippen molar-refractivity contribution in [2.24, 2.45) is 0 Å². The van der Waals surface area contributed by atoms with Crippen molar-refractivity contribution in [3.63, 3.8) is 0 Å². The Kier molecular flexibility index (Phi) is 4.53. The fourth-order valence-corrected chi connectivity index (χ4v) is 5.01. The Labute approximate surface area is 175 Å². The van der Waals surface area contributed by atoms with Crippen LogP contribution in [0, 0.1) is 0 Å². The summed E-state index contributed by atoms with van der Waals surface area (Å²) in [5.41, 5.74) is 2.77. The Morgan fingerprint density at radius 3 is 2.50 bits per heavy atom. The number of carbonyl (C=O) groups excluding carboxylic acids is 1. The molecule has 28 heavy (non-hydrogen) atoms. The van der Waals surface area contributed by atoms with Crippen molar-refractivity contribution in [1.82, 2.24) is 4.90 Å². The van der Waals surface area contributed by atoms with Crippen molar-refractivity contribution < 1.29 is 4.79 Å². The molecule has 0 amide bonds. The van der Waals surface area contributed by atoms with Gasteiger partial charge in [-0.3, -0.25) is 9.69 Å². The number of halogens is 2. The van der Waals surface area contributed by atoms with Crippen molar-refractivity contribution in [1.29, 1.82) is 0 Å². The number of hydrogen-bond donors (Lipinski definition) is 0. The van der Waals surface area contributed by atoms with E-state index in [4.69, 9.17) is 23.2 Å². The smallest absolute Gasteiger partial charge is 0.160 e. The topological polar surface area (TPSA) is 26.8 Å². The van der Waals surface area contributed by atoms with Gasteiger partial charge in [-0.2, -0.15) is 0 Å². The molecule has 0 N–H and O–H groups in total. The highest BCUT2D eigenvalue weighted by molar-refractivity contribution is 6.33. The first kappa shape index (κ1) is 18.3. The summed E-state index contributed by atoms with van der Waals surface area (Å²) < 4.78 is 0. The average Bonchev–Trinajstić information content (AvgIpc) is 3.54. The molecule has 0 bridgehead atoms. The standard InChI is InChI=1S/C22H23Cl2N3O/c23-17-5-8-19(24)16(13-17)14-25-10-9-22(25,15-28)27-12-11-26(18-6-7-18)20-3-1-2-4-21(20)27/h1-5,8,13,15,18H,6-7,9-12,14H2/t22-/m0/s1. The van der Waals surface area contributed by atoms with Crippen LogP contribution in [0.25, 0.3) is 0 Å². The lowest BCUT2D eigenvalue weighted by Gasteiger charge is -2.58. The highest BCUT2D eigenvalue weighted by Crippen LogP contribution is 2.46. The molecule has 2 aromatic carbocycles. The molecule has 1 aliphatic carbocycles. The van der Waals surface area contributed by atoms with Crippen LogP contribution in [0.15, 0.2) is 42.5 Å². The zero-order valence-electron chi connectivity index (χ0n) is 15.7. The highest BCUT2D eigenvalue weighted by atomic mass is 35.5. The molecule has 0 unspecified atom stereocenters. The summed E-state index contributed by atoms with van der Waals surface area (Å²) in [6.45, 7) is 3.30. The number of carbonyl (C=O) groups is 1. The molecule has 3 aliphatic rings. The monoisotopic (exact) mass is 415 g/mol. The van der Waals surface area contributed by atoms with Gasteiger partial charge in [0.05, 0.1) is 11.4 Å². The van der Waals surface area contributed by atoms with E-state index in [9.17, 15) is 4.79 Å². The molecule has 5 rings (SSSR count). The minimum absolute atomic E-state index is 0.614. The van der Waals surface area contributed by atoms with Crippen LogP contribution in [0.2, 0.25) is 10.0 Å². The lowest BCUT2D eigenvalue weighted by Crippen LogP contribution is -2.71. The molecule has 2 fully saturated rings. The van der Waals surface area contributed by atoms with Crippen molar-refractivity contribution in [3.8, 4) is 0 Å². The van der Waals surface area contributed by atoms with Gasteiger partial charge < -0.3 is 9.80 Å². The van der Waals surface area contributed by atoms with Gasteiger partial charge in [-0.1, -0.05) is 35.3 Å². The van der Waals surface area contributed by atoms with Crippen LogP contribution >= 0.6 is 23.2 Å². The summed E-state index contributed by atoms with van der Waals surface area (Å²) in [5.74, 6) is 0. The molecular formula is C22H23Cl2N3O. The highest BCUT2D eigenvalue weighted by Gasteiger charge is 2.51. The Bertz CT molecular complexity index is 916. The van der Waals surface area contributed by atoms with Gasteiger partial charge in [-0.15, -0.1) is 0 Å². The third-order valence-electron chi connectivity index (χ3n) is 6.36. The van der Waals surface area contributed by atoms with Gasteiger partial charge in [0.2, 0.25) is 0 Å². The molecule has 2 aliphatic heterocycles. The lowest BCUT2D eigenvalue weighted by atomic mass is 9.90. The Morgan fingerprint density at radius 1 is 1.04 bits per heavy atom. The van der Waals surface area contributed by atoms with E-state index < -0.39 is 5.66 Å². The van der Waals surface area contributed by atoms with Crippen LogP contribution in [-0.2, 0) is 11.3 Å². The summed E-state index contributed by atoms with van der Waals surface area (Å²) >= 11 is 12.6. The van der Waals surface area contributed by atoms with E-state index in [1.54, 1.807) is 6.07 Å². The number of anilines is 2. The van der Waals surface area contributed by atoms with Gasteiger partial charge in [0.15, 0.2) is 11.9 Å². The third kappa shape index (κ3) is 2.90. The zero-order chi connectivity index (χ0) is 19.3. The minimum Gasteiger partial charge on any atom is -0.365 e. The fraction of sp³-hybridized carbons (Fsp3) is 0.409. The molecule has 0 aromatic heterocycles. The number of nitrogens with zero attached hydrogens (tertiary/aromatic N) is 3. The Morgan fingerprint density at radius 2 is 1.82 bits per heavy atom. The van der Waals surface area contributed by atoms with Gasteiger partial charge in [0.25, 0.3) is 0 Å². The normalized spacial score (nSPS) is 24.6. The fourth-order valence-electron chi connectivity index (χ4n) is 4.64. The molecule has 146 valence electrons. The van der Waals surface area contributed by atoms with E-state index in [1.807, 2.05) is 12.1 Å². The number of fused-ring (bicyclic) bond motifs is 1. The van der Waals surface area contributed by atoms with Crippen molar-refractivity contribution >= 4 is 40.9 Å². The van der Waals surface area contributed by atoms with Crippen LogP contribution in [-0.4, -0.2) is 42.5 Å². The lowest BCUT2D eigenvalue weighted by molar-refractivity contribution is -0.128. The van der Waals surface area contributed by atoms with Crippen molar-refractivity contribution in [2.45, 2.75) is 37.5 Å². The van der Waals surface area contributed by atoms with Crippen molar-refractivity contribution in [3.05, 3.63) is 58.1 Å². The molecule has 6 heteroatoms. The zero-order valence-corrected chi connectivity index (χ0v) is 17.2. The Balaban J connectivity index is 1.47. The van der Waals surface area contributed by atoms with Crippen molar-refractivity contribution in [2.75, 3.05) is 29.4 Å². The second kappa shape index (κ2) is 6.94. The van der Waals surface area contributed by atoms with Gasteiger partial charge in [0.1, 0.15) is 0 Å². The maximum atomic E-state index is 12.4. The van der Waals surface area contributed by atoms with E-state index in [0.29, 0.717) is 22.6 Å². The number of para-hydroxylation sites is 2. The SMILES string of the molecule is O=C[C@@]1(N2CCN(C3CC3)c3ccccc32)CCN1Cc1cc(Cl)ccc1Cl. The van der Waals surface area contributed by atoms with Gasteiger partial charge in [-0.25, -0.2) is 0 Å². The first-order valence-electron chi connectivity index (χ1n) is 9.91. The van der Waals surface area contributed by atoms with E-state index in [0.717, 1.165) is 43.6 Å². The molecule has 2 heterocycles. The van der Waals surface area contributed by atoms with Crippen LogP contribution in [0.5, 0.6) is 0 Å². The molecule has 0 spiro atoms. The Hall–Kier alpha value is -1.75. The van der Waals surface area contributed by atoms with Crippen LogP contribution in [0.4, 0.5) is 11.4 Å². The van der Waals surface area contributed by atoms with E-state index in [1.165, 1.54) is 18.5 Å². The molecule has 1 saturated heterocycles. The molecule has 0 radical (unpaired) electrons. The van der Waals surface area contributed by atoms with Gasteiger partial charge in [-0.05, 0) is 48.7 Å². The summed E-state index contributed by atoms with van der Waals surface area (Å²) in [7, 11) is 0. The molecular weight excluding hydrogens is 393 g/mol. The van der Waals surface area contributed by atoms with Crippen LogP contribution in [0.3, 0.4) is 0 Å². The number of aldehydes is 1. The summed E-state index contributed by atoms with van der Waals surface area (Å²) in [5, 5.41) is 1.36. The summed E-state index contributed by atoms with van der Waals surface area (Å²) in [6, 6.07) is 14.7. The summed E-state index contributed by atoms with van der Waals surface area (Å²) in [6.07, 6.45) is 4.49. The summed E-state index contributed by atoms with van der Waals surface area (Å²) in [4.78, 5) is 19.5.